The Morgan fingerprint density at radius 1 is 0.935 bits per heavy atom. The van der Waals surface area contributed by atoms with Crippen molar-refractivity contribution in [2.75, 3.05) is 7.11 Å². The lowest BCUT2D eigenvalue weighted by Crippen LogP contribution is -2.49. The van der Waals surface area contributed by atoms with Crippen molar-refractivity contribution in [1.82, 2.24) is 5.32 Å². The minimum Gasteiger partial charge on any atom is -0.496 e. The molecule has 1 amide bonds. The van der Waals surface area contributed by atoms with Crippen LogP contribution < -0.4 is 10.1 Å². The number of nitrogens with one attached hydrogen (secondary N) is 1. The lowest BCUT2D eigenvalue weighted by molar-refractivity contribution is -0.142. The Bertz CT molecular complexity index is 1040. The first kappa shape index (κ1) is 22.1. The molecular weight excluding hydrogens is 390 g/mol. The van der Waals surface area contributed by atoms with E-state index in [4.69, 9.17) is 4.74 Å². The molecule has 5 heteroatoms. The maximum absolute atomic E-state index is 12.9. The fourth-order valence-electron chi connectivity index (χ4n) is 3.46. The number of aliphatic carboxylic acids is 1. The molecule has 0 aromatic heterocycles. The van der Waals surface area contributed by atoms with E-state index in [1.54, 1.807) is 21.0 Å². The number of carboxylic acid groups (broad SMARTS) is 1. The molecule has 2 N–H and O–H groups in total. The highest BCUT2D eigenvalue weighted by molar-refractivity contribution is 5.91. The van der Waals surface area contributed by atoms with E-state index in [-0.39, 0.29) is 12.3 Å². The monoisotopic (exact) mass is 417 g/mol. The van der Waals surface area contributed by atoms with Crippen molar-refractivity contribution in [2.24, 2.45) is 0 Å². The molecule has 0 saturated heterocycles. The van der Waals surface area contributed by atoms with Gasteiger partial charge in [-0.25, -0.2) is 4.79 Å². The zero-order valence-corrected chi connectivity index (χ0v) is 18.0. The lowest BCUT2D eigenvalue weighted by Gasteiger charge is -2.26. The molecule has 0 radical (unpaired) electrons. The van der Waals surface area contributed by atoms with Crippen LogP contribution in [0, 0.1) is 0 Å². The molecule has 1 atom stereocenters. The van der Waals surface area contributed by atoms with Crippen LogP contribution in [-0.4, -0.2) is 30.1 Å². The molecule has 3 rings (SSSR count). The second kappa shape index (κ2) is 9.47. The number of ether oxygens (including phenoxy) is 1. The van der Waals surface area contributed by atoms with Gasteiger partial charge in [-0.15, -0.1) is 0 Å². The number of para-hydroxylation sites is 1. The van der Waals surface area contributed by atoms with E-state index >= 15 is 0 Å². The summed E-state index contributed by atoms with van der Waals surface area (Å²) in [5, 5.41) is 12.4. The zero-order chi connectivity index (χ0) is 22.4. The minimum atomic E-state index is -1.06. The van der Waals surface area contributed by atoms with Crippen LogP contribution in [0.4, 0.5) is 0 Å². The van der Waals surface area contributed by atoms with Gasteiger partial charge in [-0.05, 0) is 36.6 Å². The molecule has 0 unspecified atom stereocenters. The summed E-state index contributed by atoms with van der Waals surface area (Å²) >= 11 is 0. The Balaban J connectivity index is 1.74. The Morgan fingerprint density at radius 2 is 1.55 bits per heavy atom. The molecule has 0 spiro atoms. The van der Waals surface area contributed by atoms with E-state index in [0.29, 0.717) is 0 Å². The van der Waals surface area contributed by atoms with Crippen molar-refractivity contribution < 1.29 is 19.4 Å². The molecule has 160 valence electrons. The highest BCUT2D eigenvalue weighted by atomic mass is 16.5. The van der Waals surface area contributed by atoms with E-state index in [0.717, 1.165) is 28.0 Å². The van der Waals surface area contributed by atoms with Gasteiger partial charge < -0.3 is 15.2 Å². The van der Waals surface area contributed by atoms with Crippen LogP contribution in [0.15, 0.2) is 78.9 Å². The number of carboxylic acids is 1. The third kappa shape index (κ3) is 5.12. The summed E-state index contributed by atoms with van der Waals surface area (Å²) in [5.74, 6) is -0.614. The van der Waals surface area contributed by atoms with Crippen LogP contribution in [0.1, 0.15) is 25.0 Å². The fourth-order valence-corrected chi connectivity index (χ4v) is 3.46. The van der Waals surface area contributed by atoms with Gasteiger partial charge in [0.25, 0.3) is 0 Å². The Hall–Kier alpha value is -3.60. The smallest absolute Gasteiger partial charge is 0.326 e. The van der Waals surface area contributed by atoms with E-state index in [1.165, 1.54) is 0 Å². The molecule has 0 heterocycles. The van der Waals surface area contributed by atoms with Gasteiger partial charge in [0.2, 0.25) is 5.91 Å². The number of carbonyl (C=O) groups is 2. The molecule has 3 aromatic carbocycles. The number of rotatable bonds is 8. The predicted octanol–water partition coefficient (Wildman–Crippen LogP) is 4.45. The molecule has 0 aliphatic heterocycles. The number of hydrogen-bond donors (Lipinski definition) is 2. The topological polar surface area (TPSA) is 75.6 Å². The molecule has 3 aromatic rings. The number of methoxy groups -OCH3 is 1. The first-order valence-corrected chi connectivity index (χ1v) is 10.1. The van der Waals surface area contributed by atoms with Crippen LogP contribution >= 0.6 is 0 Å². The van der Waals surface area contributed by atoms with E-state index in [1.807, 2.05) is 78.9 Å². The average molecular weight is 418 g/mol. The Morgan fingerprint density at radius 3 is 2.16 bits per heavy atom. The third-order valence-electron chi connectivity index (χ3n) is 5.48. The van der Waals surface area contributed by atoms with Crippen molar-refractivity contribution in [1.29, 1.82) is 0 Å². The Labute approximate surface area is 182 Å². The summed E-state index contributed by atoms with van der Waals surface area (Å²) in [6.45, 7) is 3.58. The van der Waals surface area contributed by atoms with Gasteiger partial charge in [0.1, 0.15) is 11.8 Å². The summed E-state index contributed by atoms with van der Waals surface area (Å²) < 4.78 is 5.41. The van der Waals surface area contributed by atoms with Crippen LogP contribution in [0.3, 0.4) is 0 Å². The van der Waals surface area contributed by atoms with Gasteiger partial charge in [0.05, 0.1) is 12.5 Å². The molecule has 0 bridgehead atoms. The SMILES string of the molecule is COc1ccccc1-c1ccc(C[C@H](NC(=O)C(C)(C)c2ccccc2)C(=O)O)cc1. The van der Waals surface area contributed by atoms with E-state index < -0.39 is 17.4 Å². The van der Waals surface area contributed by atoms with Crippen molar-refractivity contribution >= 4 is 11.9 Å². The number of benzene rings is 3. The van der Waals surface area contributed by atoms with E-state index in [9.17, 15) is 14.7 Å². The predicted molar refractivity (Wildman–Crippen MR) is 121 cm³/mol. The quantitative estimate of drug-likeness (QED) is 0.568. The normalized spacial score (nSPS) is 12.1. The van der Waals surface area contributed by atoms with Crippen LogP contribution in [0.2, 0.25) is 0 Å². The maximum Gasteiger partial charge on any atom is 0.326 e. The molecule has 0 aliphatic carbocycles. The zero-order valence-electron chi connectivity index (χ0n) is 18.0. The number of hydrogen-bond acceptors (Lipinski definition) is 3. The standard InChI is InChI=1S/C26H27NO4/c1-26(2,20-9-5-4-6-10-20)25(30)27-22(24(28)29)17-18-13-15-19(16-14-18)21-11-7-8-12-23(21)31-3/h4-16,22H,17H2,1-3H3,(H,27,30)(H,28,29)/t22-/m0/s1. The average Bonchev–Trinajstić information content (AvgIpc) is 2.79. The molecule has 0 saturated carbocycles. The van der Waals surface area contributed by atoms with Gasteiger partial charge in [-0.1, -0.05) is 72.8 Å². The van der Waals surface area contributed by atoms with Crippen LogP contribution in [-0.2, 0) is 21.4 Å². The van der Waals surface area contributed by atoms with Gasteiger partial charge in [-0.2, -0.15) is 0 Å². The molecule has 5 nitrogen and oxygen atoms in total. The molecule has 31 heavy (non-hydrogen) atoms. The number of amides is 1. The summed E-state index contributed by atoms with van der Waals surface area (Å²) in [6.07, 6.45) is 0.193. The minimum absolute atomic E-state index is 0.193. The summed E-state index contributed by atoms with van der Waals surface area (Å²) in [5.41, 5.74) is 2.75. The fraction of sp³-hybridized carbons (Fsp3) is 0.231. The van der Waals surface area contributed by atoms with Crippen LogP contribution in [0.25, 0.3) is 11.1 Å². The molecule has 0 aliphatic rings. The first-order valence-electron chi connectivity index (χ1n) is 10.1. The molecule has 0 fully saturated rings. The van der Waals surface area contributed by atoms with Crippen molar-refractivity contribution in [3.63, 3.8) is 0 Å². The van der Waals surface area contributed by atoms with Gasteiger partial charge in [0, 0.05) is 12.0 Å². The van der Waals surface area contributed by atoms with Crippen molar-refractivity contribution in [2.45, 2.75) is 31.7 Å². The summed E-state index contributed by atoms with van der Waals surface area (Å²) in [4.78, 5) is 24.7. The summed E-state index contributed by atoms with van der Waals surface area (Å²) in [6, 6.07) is 23.7. The second-order valence-electron chi connectivity index (χ2n) is 7.96. The summed E-state index contributed by atoms with van der Waals surface area (Å²) in [7, 11) is 1.63. The molecular formula is C26H27NO4. The highest BCUT2D eigenvalue weighted by Crippen LogP contribution is 2.30. The van der Waals surface area contributed by atoms with Gasteiger partial charge in [-0.3, -0.25) is 4.79 Å². The number of carbonyl (C=O) groups excluding carboxylic acids is 1. The van der Waals surface area contributed by atoms with Crippen LogP contribution in [0.5, 0.6) is 5.75 Å². The highest BCUT2D eigenvalue weighted by Gasteiger charge is 2.32. The maximum atomic E-state index is 12.9. The van der Waals surface area contributed by atoms with Gasteiger partial charge >= 0.3 is 5.97 Å². The van der Waals surface area contributed by atoms with Gasteiger partial charge in [0.15, 0.2) is 0 Å². The van der Waals surface area contributed by atoms with E-state index in [2.05, 4.69) is 5.32 Å². The van der Waals surface area contributed by atoms with Crippen molar-refractivity contribution in [3.8, 4) is 16.9 Å². The second-order valence-corrected chi connectivity index (χ2v) is 7.96. The Kier molecular flexibility index (Phi) is 6.75. The third-order valence-corrected chi connectivity index (χ3v) is 5.48. The lowest BCUT2D eigenvalue weighted by atomic mass is 9.83. The largest absolute Gasteiger partial charge is 0.496 e. The first-order chi connectivity index (χ1) is 14.8. The van der Waals surface area contributed by atoms with Crippen molar-refractivity contribution in [3.05, 3.63) is 90.0 Å².